The van der Waals surface area contributed by atoms with E-state index in [1.807, 2.05) is 66.9 Å². The van der Waals surface area contributed by atoms with Crippen LogP contribution in [0.4, 0.5) is 11.4 Å². The smallest absolute Gasteiger partial charge is 0.0622 e. The normalized spacial score (nSPS) is 10.4. The van der Waals surface area contributed by atoms with Gasteiger partial charge < -0.3 is 11.5 Å². The minimum atomic E-state index is 0.621. The van der Waals surface area contributed by atoms with Gasteiger partial charge in [-0.15, -0.1) is 0 Å². The first kappa shape index (κ1) is 18.3. The van der Waals surface area contributed by atoms with Gasteiger partial charge in [0.05, 0.1) is 17.1 Å². The third-order valence-corrected chi connectivity index (χ3v) is 3.77. The molecule has 0 spiro atoms. The first-order valence-electron chi connectivity index (χ1n) is 8.56. The van der Waals surface area contributed by atoms with E-state index in [-0.39, 0.29) is 0 Å². The number of aromatic nitrogens is 2. The fourth-order valence-corrected chi connectivity index (χ4v) is 2.29. The van der Waals surface area contributed by atoms with Crippen molar-refractivity contribution in [3.05, 3.63) is 77.6 Å². The van der Waals surface area contributed by atoms with Crippen molar-refractivity contribution in [3.63, 3.8) is 0 Å². The maximum Gasteiger partial charge on any atom is 0.0622 e. The van der Waals surface area contributed by atoms with E-state index in [0.29, 0.717) is 11.4 Å². The molecule has 1 aromatic heterocycles. The van der Waals surface area contributed by atoms with Gasteiger partial charge in [-0.1, -0.05) is 68.0 Å². The number of aryl methyl sites for hydroxylation is 1. The number of benzene rings is 2. The zero-order valence-electron chi connectivity index (χ0n) is 14.7. The van der Waals surface area contributed by atoms with Crippen molar-refractivity contribution in [2.75, 3.05) is 11.5 Å². The number of hydrogen-bond donors (Lipinski definition) is 3. The highest BCUT2D eigenvalue weighted by Crippen LogP contribution is 2.21. The number of H-pyrrole nitrogens is 1. The Morgan fingerprint density at radius 3 is 2.44 bits per heavy atom. The molecular weight excluding hydrogens is 308 g/mol. The molecule has 5 N–H and O–H groups in total. The third kappa shape index (κ3) is 6.18. The summed E-state index contributed by atoms with van der Waals surface area (Å²) in [7, 11) is 0. The van der Waals surface area contributed by atoms with Crippen LogP contribution in [0, 0.1) is 0 Å². The number of nitrogens with two attached hydrogens (primary N) is 2. The lowest BCUT2D eigenvalue weighted by Crippen LogP contribution is -1.96. The van der Waals surface area contributed by atoms with Crippen molar-refractivity contribution in [2.45, 2.75) is 26.2 Å². The van der Waals surface area contributed by atoms with Crippen molar-refractivity contribution >= 4 is 23.5 Å². The van der Waals surface area contributed by atoms with E-state index in [1.54, 1.807) is 6.07 Å². The fourth-order valence-electron chi connectivity index (χ4n) is 2.29. The molecule has 1 heterocycles. The molecule has 0 aliphatic heterocycles. The van der Waals surface area contributed by atoms with Crippen molar-refractivity contribution < 1.29 is 0 Å². The molecule has 2 aromatic carbocycles. The molecule has 0 amide bonds. The van der Waals surface area contributed by atoms with Crippen LogP contribution in [0.25, 0.3) is 12.2 Å². The Kier molecular flexibility index (Phi) is 7.32. The summed E-state index contributed by atoms with van der Waals surface area (Å²) in [6.07, 6.45) is 9.45. The van der Waals surface area contributed by atoms with E-state index in [1.165, 1.54) is 18.5 Å². The molecule has 0 aliphatic carbocycles. The molecule has 3 rings (SSSR count). The van der Waals surface area contributed by atoms with Crippen LogP contribution in [0.3, 0.4) is 0 Å². The highest BCUT2D eigenvalue weighted by Gasteiger charge is 1.97. The monoisotopic (exact) mass is 334 g/mol. The Balaban J connectivity index is 0.000000212. The molecule has 0 aliphatic rings. The topological polar surface area (TPSA) is 80.7 Å². The minimum Gasteiger partial charge on any atom is -0.397 e. The van der Waals surface area contributed by atoms with Crippen molar-refractivity contribution in [3.8, 4) is 0 Å². The van der Waals surface area contributed by atoms with Gasteiger partial charge in [0.25, 0.3) is 0 Å². The number of aromatic amines is 1. The van der Waals surface area contributed by atoms with E-state index < -0.39 is 0 Å². The van der Waals surface area contributed by atoms with E-state index in [9.17, 15) is 0 Å². The Morgan fingerprint density at radius 2 is 1.76 bits per heavy atom. The van der Waals surface area contributed by atoms with Crippen LogP contribution < -0.4 is 11.5 Å². The summed E-state index contributed by atoms with van der Waals surface area (Å²) < 4.78 is 0. The molecule has 0 atom stereocenters. The van der Waals surface area contributed by atoms with E-state index in [0.717, 1.165) is 17.5 Å². The zero-order valence-corrected chi connectivity index (χ0v) is 14.7. The van der Waals surface area contributed by atoms with Gasteiger partial charge in [-0.05, 0) is 36.1 Å². The number of anilines is 2. The summed E-state index contributed by atoms with van der Waals surface area (Å²) in [5.41, 5.74) is 16.1. The lowest BCUT2D eigenvalue weighted by atomic mass is 10.1. The van der Waals surface area contributed by atoms with Crippen molar-refractivity contribution in [1.82, 2.24) is 10.2 Å². The van der Waals surface area contributed by atoms with Gasteiger partial charge in [0.1, 0.15) is 0 Å². The fraction of sp³-hybridized carbons (Fsp3) is 0.190. The first-order valence-corrected chi connectivity index (χ1v) is 8.56. The van der Waals surface area contributed by atoms with Crippen molar-refractivity contribution in [2.24, 2.45) is 0 Å². The number of para-hydroxylation sites is 1. The lowest BCUT2D eigenvalue weighted by molar-refractivity contribution is 0.772. The number of unbranched alkanes of at least 4 members (excludes halogenated alkanes) is 1. The molecule has 0 radical (unpaired) electrons. The molecule has 0 unspecified atom stereocenters. The van der Waals surface area contributed by atoms with Gasteiger partial charge in [-0.25, -0.2) is 0 Å². The largest absolute Gasteiger partial charge is 0.397 e. The summed E-state index contributed by atoms with van der Waals surface area (Å²) in [6, 6.07) is 17.8. The first-order chi connectivity index (χ1) is 12.2. The highest BCUT2D eigenvalue weighted by atomic mass is 15.1. The molecular formula is C21H26N4. The van der Waals surface area contributed by atoms with Crippen LogP contribution >= 0.6 is 0 Å². The zero-order chi connectivity index (χ0) is 17.9. The quantitative estimate of drug-likeness (QED) is 0.464. The molecule has 4 nitrogen and oxygen atoms in total. The van der Waals surface area contributed by atoms with Crippen LogP contribution in [0.5, 0.6) is 0 Å². The number of hydrogen-bond acceptors (Lipinski definition) is 3. The number of nitrogen functional groups attached to an aromatic ring is 2. The molecule has 3 aromatic rings. The second-order valence-electron chi connectivity index (χ2n) is 5.76. The Labute approximate surface area is 149 Å². The predicted octanol–water partition coefficient (Wildman–Crippen LogP) is 4.77. The Hall–Kier alpha value is -3.01. The lowest BCUT2D eigenvalue weighted by Gasteiger charge is -2.03. The summed E-state index contributed by atoms with van der Waals surface area (Å²) in [5, 5.41) is 6.82. The number of nitrogens with one attached hydrogen (secondary N) is 1. The SMILES string of the molecule is CCCCc1cc[nH]n1.Nc1cccc(C=Cc2ccccc2)c1N. The van der Waals surface area contributed by atoms with Gasteiger partial charge >= 0.3 is 0 Å². The maximum atomic E-state index is 5.87. The van der Waals surface area contributed by atoms with Gasteiger partial charge in [0.15, 0.2) is 0 Å². The van der Waals surface area contributed by atoms with Gasteiger partial charge in [-0.2, -0.15) is 5.10 Å². The predicted molar refractivity (Wildman–Crippen MR) is 108 cm³/mol. The van der Waals surface area contributed by atoms with Gasteiger partial charge in [-0.3, -0.25) is 5.10 Å². The molecule has 4 heteroatoms. The van der Waals surface area contributed by atoms with Crippen LogP contribution in [-0.4, -0.2) is 10.2 Å². The van der Waals surface area contributed by atoms with Crippen LogP contribution in [-0.2, 0) is 6.42 Å². The Morgan fingerprint density at radius 1 is 0.960 bits per heavy atom. The average molecular weight is 334 g/mol. The minimum absolute atomic E-state index is 0.621. The van der Waals surface area contributed by atoms with E-state index in [2.05, 4.69) is 17.1 Å². The number of rotatable bonds is 5. The number of nitrogens with zero attached hydrogens (tertiary/aromatic N) is 1. The van der Waals surface area contributed by atoms with Gasteiger partial charge in [0, 0.05) is 6.20 Å². The molecule has 0 saturated heterocycles. The highest BCUT2D eigenvalue weighted by molar-refractivity contribution is 5.81. The van der Waals surface area contributed by atoms with Crippen LogP contribution in [0.2, 0.25) is 0 Å². The van der Waals surface area contributed by atoms with E-state index in [4.69, 9.17) is 11.5 Å². The second-order valence-corrected chi connectivity index (χ2v) is 5.76. The van der Waals surface area contributed by atoms with E-state index >= 15 is 0 Å². The molecule has 0 fully saturated rings. The summed E-state index contributed by atoms with van der Waals surface area (Å²) in [6.45, 7) is 2.19. The molecule has 0 saturated carbocycles. The van der Waals surface area contributed by atoms with Crippen molar-refractivity contribution in [1.29, 1.82) is 0 Å². The molecule has 0 bridgehead atoms. The standard InChI is InChI=1S/C14H14N2.C7H12N2/c15-13-8-4-7-12(14(13)16)10-9-11-5-2-1-3-6-11;1-2-3-4-7-5-6-8-9-7/h1-10H,15-16H2;5-6H,2-4H2,1H3,(H,8,9). The average Bonchev–Trinajstić information content (AvgIpc) is 3.16. The molecule has 130 valence electrons. The molecule has 25 heavy (non-hydrogen) atoms. The summed E-state index contributed by atoms with van der Waals surface area (Å²) in [5.74, 6) is 0. The summed E-state index contributed by atoms with van der Waals surface area (Å²) >= 11 is 0. The maximum absolute atomic E-state index is 5.87. The summed E-state index contributed by atoms with van der Waals surface area (Å²) in [4.78, 5) is 0. The third-order valence-electron chi connectivity index (χ3n) is 3.77. The Bertz CT molecular complexity index is 762. The second kappa shape index (κ2) is 9.98. The van der Waals surface area contributed by atoms with Crippen LogP contribution in [0.15, 0.2) is 60.8 Å². The van der Waals surface area contributed by atoms with Gasteiger partial charge in [0.2, 0.25) is 0 Å². The van der Waals surface area contributed by atoms with Crippen LogP contribution in [0.1, 0.15) is 36.6 Å².